The van der Waals surface area contributed by atoms with E-state index in [0.29, 0.717) is 11.5 Å². The number of hydrogen-bond acceptors (Lipinski definition) is 6. The highest BCUT2D eigenvalue weighted by atomic mass is 32.2. The summed E-state index contributed by atoms with van der Waals surface area (Å²) < 4.78 is 42.9. The maximum atomic E-state index is 13.0. The summed E-state index contributed by atoms with van der Waals surface area (Å²) in [4.78, 5) is 14.1. The number of carboxylic acid groups (broad SMARTS) is 1. The van der Waals surface area contributed by atoms with Crippen LogP contribution in [-0.2, 0) is 10.0 Å². The van der Waals surface area contributed by atoms with Crippen LogP contribution in [0.5, 0.6) is 0 Å². The molecule has 0 fully saturated rings. The van der Waals surface area contributed by atoms with E-state index in [0.717, 1.165) is 18.5 Å². The summed E-state index contributed by atoms with van der Waals surface area (Å²) in [5.41, 5.74) is -0.0412. The van der Waals surface area contributed by atoms with Crippen LogP contribution < -0.4 is 4.72 Å². The molecule has 0 amide bonds. The van der Waals surface area contributed by atoms with E-state index < -0.39 is 26.7 Å². The van der Waals surface area contributed by atoms with Crippen LogP contribution in [0.3, 0.4) is 0 Å². The molecule has 0 bridgehead atoms. The van der Waals surface area contributed by atoms with Crippen LogP contribution >= 0.6 is 11.5 Å². The van der Waals surface area contributed by atoms with Gasteiger partial charge in [0, 0.05) is 6.20 Å². The third-order valence-electron chi connectivity index (χ3n) is 2.29. The Morgan fingerprint density at radius 2 is 2.15 bits per heavy atom. The van der Waals surface area contributed by atoms with Gasteiger partial charge in [-0.1, -0.05) is 0 Å². The Kier molecular flexibility index (Phi) is 3.68. The largest absolute Gasteiger partial charge is 0.478 e. The minimum Gasteiger partial charge on any atom is -0.478 e. The number of halogens is 1. The number of sulfonamides is 1. The number of rotatable bonds is 4. The van der Waals surface area contributed by atoms with Gasteiger partial charge in [0.2, 0.25) is 0 Å². The molecule has 0 atom stereocenters. The lowest BCUT2D eigenvalue weighted by Gasteiger charge is -2.06. The normalized spacial score (nSPS) is 11.3. The SMILES string of the molecule is Cc1nsc(NS(=O)(=O)c2cncc(F)c2)c1C(=O)O. The van der Waals surface area contributed by atoms with Gasteiger partial charge in [0.1, 0.15) is 21.3 Å². The molecule has 106 valence electrons. The zero-order chi connectivity index (χ0) is 14.9. The van der Waals surface area contributed by atoms with Crippen molar-refractivity contribution in [2.24, 2.45) is 0 Å². The molecule has 20 heavy (non-hydrogen) atoms. The predicted molar refractivity (Wildman–Crippen MR) is 68.8 cm³/mol. The molecule has 0 unspecified atom stereocenters. The minimum absolute atomic E-state index is 0.140. The molecule has 2 rings (SSSR count). The van der Waals surface area contributed by atoms with Crippen molar-refractivity contribution < 1.29 is 22.7 Å². The highest BCUT2D eigenvalue weighted by molar-refractivity contribution is 7.93. The van der Waals surface area contributed by atoms with E-state index in [2.05, 4.69) is 14.1 Å². The fourth-order valence-electron chi connectivity index (χ4n) is 1.41. The van der Waals surface area contributed by atoms with E-state index in [1.165, 1.54) is 6.92 Å². The van der Waals surface area contributed by atoms with Crippen LogP contribution in [0.1, 0.15) is 16.1 Å². The van der Waals surface area contributed by atoms with Gasteiger partial charge in [0.25, 0.3) is 10.0 Å². The molecule has 0 spiro atoms. The van der Waals surface area contributed by atoms with Gasteiger partial charge in [-0.2, -0.15) is 4.37 Å². The highest BCUT2D eigenvalue weighted by Crippen LogP contribution is 2.27. The number of aromatic carboxylic acids is 1. The van der Waals surface area contributed by atoms with Gasteiger partial charge in [-0.25, -0.2) is 17.6 Å². The van der Waals surface area contributed by atoms with Gasteiger partial charge < -0.3 is 5.11 Å². The van der Waals surface area contributed by atoms with E-state index in [4.69, 9.17) is 5.11 Å². The molecule has 2 aromatic heterocycles. The second-order valence-corrected chi connectivity index (χ2v) is 6.18. The third kappa shape index (κ3) is 2.75. The van der Waals surface area contributed by atoms with Crippen LogP contribution in [-0.4, -0.2) is 28.9 Å². The van der Waals surface area contributed by atoms with E-state index >= 15 is 0 Å². The van der Waals surface area contributed by atoms with Crippen molar-refractivity contribution in [2.75, 3.05) is 4.72 Å². The molecule has 2 aromatic rings. The molecule has 0 radical (unpaired) electrons. The number of hydrogen-bond donors (Lipinski definition) is 2. The molecule has 2 N–H and O–H groups in total. The quantitative estimate of drug-likeness (QED) is 0.884. The van der Waals surface area contributed by atoms with Gasteiger partial charge in [-0.15, -0.1) is 0 Å². The molecule has 10 heteroatoms. The van der Waals surface area contributed by atoms with Crippen molar-refractivity contribution in [3.8, 4) is 0 Å². The van der Waals surface area contributed by atoms with Crippen molar-refractivity contribution >= 4 is 32.5 Å². The predicted octanol–water partition coefficient (Wildman–Crippen LogP) is 1.48. The summed E-state index contributed by atoms with van der Waals surface area (Å²) in [6.45, 7) is 1.45. The number of aryl methyl sites for hydroxylation is 1. The van der Waals surface area contributed by atoms with Crippen molar-refractivity contribution in [1.29, 1.82) is 0 Å². The van der Waals surface area contributed by atoms with Crippen LogP contribution in [0.4, 0.5) is 9.39 Å². The van der Waals surface area contributed by atoms with E-state index in [1.807, 2.05) is 0 Å². The second kappa shape index (κ2) is 5.13. The first kappa shape index (κ1) is 14.3. The van der Waals surface area contributed by atoms with Gasteiger partial charge in [-0.3, -0.25) is 9.71 Å². The summed E-state index contributed by atoms with van der Waals surface area (Å²) in [5, 5.41) is 8.87. The summed E-state index contributed by atoms with van der Waals surface area (Å²) in [7, 11) is -4.12. The van der Waals surface area contributed by atoms with Crippen LogP contribution in [0.15, 0.2) is 23.4 Å². The first-order valence-corrected chi connectivity index (χ1v) is 7.40. The zero-order valence-electron chi connectivity index (χ0n) is 9.99. The van der Waals surface area contributed by atoms with Crippen LogP contribution in [0.25, 0.3) is 0 Å². The lowest BCUT2D eigenvalue weighted by molar-refractivity contribution is 0.0697. The molecule has 0 aliphatic carbocycles. The monoisotopic (exact) mass is 317 g/mol. The van der Waals surface area contributed by atoms with Crippen molar-refractivity contribution in [3.63, 3.8) is 0 Å². The molecule has 0 aliphatic heterocycles. The topological polar surface area (TPSA) is 109 Å². The smallest absolute Gasteiger partial charge is 0.340 e. The van der Waals surface area contributed by atoms with Crippen molar-refractivity contribution in [1.82, 2.24) is 9.36 Å². The Balaban J connectivity index is 2.41. The molecular formula is C10H8FN3O4S2. The molecule has 2 heterocycles. The number of aromatic nitrogens is 2. The Bertz CT molecular complexity index is 773. The van der Waals surface area contributed by atoms with Gasteiger partial charge in [0.15, 0.2) is 0 Å². The average molecular weight is 317 g/mol. The molecule has 0 aliphatic rings. The number of carbonyl (C=O) groups is 1. The minimum atomic E-state index is -4.12. The Labute approximate surface area is 117 Å². The number of nitrogens with one attached hydrogen (secondary N) is 1. The van der Waals surface area contributed by atoms with E-state index in [-0.39, 0.29) is 16.3 Å². The van der Waals surface area contributed by atoms with Gasteiger partial charge in [-0.05, 0) is 24.5 Å². The lowest BCUT2D eigenvalue weighted by atomic mass is 10.2. The third-order valence-corrected chi connectivity index (χ3v) is 4.59. The van der Waals surface area contributed by atoms with Crippen LogP contribution in [0, 0.1) is 12.7 Å². The maximum Gasteiger partial charge on any atom is 0.340 e. The van der Waals surface area contributed by atoms with Crippen molar-refractivity contribution in [2.45, 2.75) is 11.8 Å². The molecule has 7 nitrogen and oxygen atoms in total. The Hall–Kier alpha value is -2.07. The summed E-state index contributed by atoms with van der Waals surface area (Å²) in [6, 6.07) is 0.781. The van der Waals surface area contributed by atoms with Crippen molar-refractivity contribution in [3.05, 3.63) is 35.5 Å². The average Bonchev–Trinajstić information content (AvgIpc) is 2.69. The standard InChI is InChI=1S/C10H8FN3O4S2/c1-5-8(10(15)16)9(19-13-5)14-20(17,18)7-2-6(11)3-12-4-7/h2-4,14H,1H3,(H,15,16). The molecular weight excluding hydrogens is 309 g/mol. The first-order valence-electron chi connectivity index (χ1n) is 5.14. The Morgan fingerprint density at radius 1 is 1.45 bits per heavy atom. The summed E-state index contributed by atoms with van der Waals surface area (Å²) in [5.74, 6) is -2.11. The van der Waals surface area contributed by atoms with E-state index in [1.54, 1.807) is 0 Å². The highest BCUT2D eigenvalue weighted by Gasteiger charge is 2.23. The molecule has 0 saturated carbocycles. The van der Waals surface area contributed by atoms with Gasteiger partial charge >= 0.3 is 5.97 Å². The lowest BCUT2D eigenvalue weighted by Crippen LogP contribution is -2.15. The summed E-state index contributed by atoms with van der Waals surface area (Å²) >= 11 is 0.695. The van der Waals surface area contributed by atoms with Gasteiger partial charge in [0.05, 0.1) is 11.9 Å². The van der Waals surface area contributed by atoms with E-state index in [9.17, 15) is 17.6 Å². The fraction of sp³-hybridized carbons (Fsp3) is 0.100. The number of carboxylic acids is 1. The Morgan fingerprint density at radius 3 is 2.75 bits per heavy atom. The number of pyridine rings is 1. The fourth-order valence-corrected chi connectivity index (χ4v) is 3.47. The number of anilines is 1. The number of nitrogens with zero attached hydrogens (tertiary/aromatic N) is 2. The molecule has 0 aromatic carbocycles. The first-order chi connectivity index (χ1) is 9.31. The molecule has 0 saturated heterocycles. The summed E-state index contributed by atoms with van der Waals surface area (Å²) in [6.07, 6.45) is 1.82. The maximum absolute atomic E-state index is 13.0. The van der Waals surface area contributed by atoms with Crippen LogP contribution in [0.2, 0.25) is 0 Å². The zero-order valence-corrected chi connectivity index (χ0v) is 11.6. The second-order valence-electron chi connectivity index (χ2n) is 3.72.